The lowest BCUT2D eigenvalue weighted by Gasteiger charge is -2.11. The summed E-state index contributed by atoms with van der Waals surface area (Å²) in [6.45, 7) is 3.97. The molecule has 130 valence electrons. The highest BCUT2D eigenvalue weighted by molar-refractivity contribution is 5.60. The van der Waals surface area contributed by atoms with E-state index in [1.807, 2.05) is 44.2 Å². The van der Waals surface area contributed by atoms with E-state index in [1.165, 1.54) is 6.20 Å². The monoisotopic (exact) mass is 346 g/mol. The topological polar surface area (TPSA) is 95.8 Å². The Labute approximate surface area is 151 Å². The molecule has 0 aliphatic heterocycles. The van der Waals surface area contributed by atoms with Gasteiger partial charge in [0.05, 0.1) is 23.9 Å². The van der Waals surface area contributed by atoms with Crippen molar-refractivity contribution in [2.24, 2.45) is 0 Å². The number of hydrogen-bond donors (Lipinski definition) is 2. The molecule has 0 aliphatic rings. The van der Waals surface area contributed by atoms with Crippen molar-refractivity contribution < 1.29 is 4.74 Å². The summed E-state index contributed by atoms with van der Waals surface area (Å²) >= 11 is 0. The predicted molar refractivity (Wildman–Crippen MR) is 99.8 cm³/mol. The van der Waals surface area contributed by atoms with Gasteiger partial charge in [-0.15, -0.1) is 5.10 Å². The maximum absolute atomic E-state index is 8.96. The summed E-state index contributed by atoms with van der Waals surface area (Å²) in [5, 5.41) is 23.1. The van der Waals surface area contributed by atoms with Gasteiger partial charge in [0, 0.05) is 11.4 Å². The van der Waals surface area contributed by atoms with E-state index in [-0.39, 0.29) is 6.10 Å². The highest BCUT2D eigenvalue weighted by Crippen LogP contribution is 2.20. The molecule has 3 rings (SSSR count). The van der Waals surface area contributed by atoms with Crippen LogP contribution in [-0.2, 0) is 0 Å². The predicted octanol–water partition coefficient (Wildman–Crippen LogP) is 4.02. The van der Waals surface area contributed by atoms with E-state index in [4.69, 9.17) is 10.00 Å². The van der Waals surface area contributed by atoms with Crippen LogP contribution in [0.5, 0.6) is 5.75 Å². The minimum absolute atomic E-state index is 0.132. The quantitative estimate of drug-likeness (QED) is 0.696. The summed E-state index contributed by atoms with van der Waals surface area (Å²) in [6, 6.07) is 16.8. The zero-order chi connectivity index (χ0) is 18.4. The number of ether oxygens (including phenoxy) is 1. The molecule has 0 spiro atoms. The first kappa shape index (κ1) is 17.2. The highest BCUT2D eigenvalue weighted by atomic mass is 16.5. The molecule has 0 saturated carbocycles. The summed E-state index contributed by atoms with van der Waals surface area (Å²) in [5.74, 6) is 1.70. The van der Waals surface area contributed by atoms with Crippen LogP contribution in [0.1, 0.15) is 19.4 Å². The van der Waals surface area contributed by atoms with Gasteiger partial charge in [0.1, 0.15) is 5.75 Å². The van der Waals surface area contributed by atoms with Crippen molar-refractivity contribution in [3.8, 4) is 11.8 Å². The fraction of sp³-hybridized carbons (Fsp3) is 0.158. The Kier molecular flexibility index (Phi) is 5.25. The third kappa shape index (κ3) is 4.68. The molecule has 0 atom stereocenters. The van der Waals surface area contributed by atoms with Gasteiger partial charge in [-0.3, -0.25) is 0 Å². The highest BCUT2D eigenvalue weighted by Gasteiger charge is 2.04. The van der Waals surface area contributed by atoms with E-state index in [0.717, 1.165) is 17.1 Å². The van der Waals surface area contributed by atoms with Gasteiger partial charge in [-0.25, -0.2) is 0 Å². The Bertz CT molecular complexity index is 918. The molecule has 26 heavy (non-hydrogen) atoms. The molecule has 1 aromatic heterocycles. The van der Waals surface area contributed by atoms with Crippen LogP contribution in [0.25, 0.3) is 0 Å². The Morgan fingerprint density at radius 3 is 2.58 bits per heavy atom. The molecular weight excluding hydrogens is 328 g/mol. The fourth-order valence-electron chi connectivity index (χ4n) is 2.25. The standard InChI is InChI=1S/C19H18N6O/c1-13(2)26-17-8-6-15(7-9-17)22-18-12-21-25-19(24-18)23-16-5-3-4-14(10-16)11-20/h3-10,12-13H,1-2H3,(H2,22,23,24,25). The van der Waals surface area contributed by atoms with Crippen molar-refractivity contribution >= 4 is 23.1 Å². The van der Waals surface area contributed by atoms with Crippen LogP contribution in [0, 0.1) is 11.3 Å². The second-order valence-corrected chi connectivity index (χ2v) is 5.80. The zero-order valence-electron chi connectivity index (χ0n) is 14.5. The van der Waals surface area contributed by atoms with Gasteiger partial charge in [-0.1, -0.05) is 6.07 Å². The molecule has 1 heterocycles. The van der Waals surface area contributed by atoms with Gasteiger partial charge < -0.3 is 15.4 Å². The minimum atomic E-state index is 0.132. The third-order valence-electron chi connectivity index (χ3n) is 3.31. The molecule has 0 amide bonds. The molecule has 0 unspecified atom stereocenters. The smallest absolute Gasteiger partial charge is 0.249 e. The Morgan fingerprint density at radius 1 is 1.04 bits per heavy atom. The lowest BCUT2D eigenvalue weighted by molar-refractivity contribution is 0.242. The average molecular weight is 346 g/mol. The summed E-state index contributed by atoms with van der Waals surface area (Å²) in [4.78, 5) is 4.38. The molecular formula is C19H18N6O. The number of aromatic nitrogens is 3. The second kappa shape index (κ2) is 7.94. The van der Waals surface area contributed by atoms with E-state index < -0.39 is 0 Å². The first-order valence-corrected chi connectivity index (χ1v) is 8.13. The average Bonchev–Trinajstić information content (AvgIpc) is 2.63. The van der Waals surface area contributed by atoms with E-state index in [9.17, 15) is 0 Å². The molecule has 0 radical (unpaired) electrons. The molecule has 3 aromatic rings. The van der Waals surface area contributed by atoms with Crippen LogP contribution >= 0.6 is 0 Å². The molecule has 0 fully saturated rings. The zero-order valence-corrected chi connectivity index (χ0v) is 14.5. The van der Waals surface area contributed by atoms with Gasteiger partial charge >= 0.3 is 0 Å². The summed E-state index contributed by atoms with van der Waals surface area (Å²) in [5.41, 5.74) is 2.14. The van der Waals surface area contributed by atoms with E-state index in [1.54, 1.807) is 18.2 Å². The Balaban J connectivity index is 1.70. The number of nitriles is 1. The molecule has 0 aliphatic carbocycles. The number of nitrogens with zero attached hydrogens (tertiary/aromatic N) is 4. The molecule has 0 saturated heterocycles. The molecule has 2 N–H and O–H groups in total. The van der Waals surface area contributed by atoms with Crippen LogP contribution in [0.2, 0.25) is 0 Å². The van der Waals surface area contributed by atoms with Crippen molar-refractivity contribution in [3.05, 3.63) is 60.3 Å². The molecule has 7 nitrogen and oxygen atoms in total. The van der Waals surface area contributed by atoms with Crippen LogP contribution in [0.3, 0.4) is 0 Å². The van der Waals surface area contributed by atoms with Crippen LogP contribution in [0.15, 0.2) is 54.7 Å². The van der Waals surface area contributed by atoms with Crippen molar-refractivity contribution in [2.75, 3.05) is 10.6 Å². The van der Waals surface area contributed by atoms with Gasteiger partial charge in [-0.05, 0) is 56.3 Å². The Morgan fingerprint density at radius 2 is 1.85 bits per heavy atom. The lowest BCUT2D eigenvalue weighted by atomic mass is 10.2. The normalized spacial score (nSPS) is 10.2. The number of benzene rings is 2. The summed E-state index contributed by atoms with van der Waals surface area (Å²) < 4.78 is 5.63. The van der Waals surface area contributed by atoms with Gasteiger partial charge in [0.2, 0.25) is 5.95 Å². The largest absolute Gasteiger partial charge is 0.491 e. The second-order valence-electron chi connectivity index (χ2n) is 5.80. The SMILES string of the molecule is CC(C)Oc1ccc(Nc2cnnc(Nc3cccc(C#N)c3)n2)cc1. The lowest BCUT2D eigenvalue weighted by Crippen LogP contribution is -2.05. The Hall–Kier alpha value is -3.66. The fourth-order valence-corrected chi connectivity index (χ4v) is 2.25. The van der Waals surface area contributed by atoms with Crippen molar-refractivity contribution in [1.29, 1.82) is 5.26 Å². The van der Waals surface area contributed by atoms with Crippen molar-refractivity contribution in [1.82, 2.24) is 15.2 Å². The first-order chi connectivity index (χ1) is 12.6. The molecule has 2 aromatic carbocycles. The number of anilines is 4. The minimum Gasteiger partial charge on any atom is -0.491 e. The summed E-state index contributed by atoms with van der Waals surface area (Å²) in [6.07, 6.45) is 1.67. The van der Waals surface area contributed by atoms with Crippen molar-refractivity contribution in [3.63, 3.8) is 0 Å². The van der Waals surface area contributed by atoms with Gasteiger partial charge in [-0.2, -0.15) is 15.3 Å². The van der Waals surface area contributed by atoms with E-state index in [2.05, 4.69) is 31.9 Å². The van der Waals surface area contributed by atoms with Gasteiger partial charge in [0.25, 0.3) is 0 Å². The van der Waals surface area contributed by atoms with Crippen LogP contribution in [-0.4, -0.2) is 21.3 Å². The number of nitrogens with one attached hydrogen (secondary N) is 2. The maximum Gasteiger partial charge on any atom is 0.249 e. The molecule has 7 heteroatoms. The third-order valence-corrected chi connectivity index (χ3v) is 3.31. The van der Waals surface area contributed by atoms with Crippen LogP contribution < -0.4 is 15.4 Å². The molecule has 0 bridgehead atoms. The van der Waals surface area contributed by atoms with E-state index in [0.29, 0.717) is 17.3 Å². The van der Waals surface area contributed by atoms with Crippen molar-refractivity contribution in [2.45, 2.75) is 20.0 Å². The van der Waals surface area contributed by atoms with Gasteiger partial charge in [0.15, 0.2) is 5.82 Å². The number of rotatable bonds is 6. The van der Waals surface area contributed by atoms with E-state index >= 15 is 0 Å². The maximum atomic E-state index is 8.96. The van der Waals surface area contributed by atoms with Crippen LogP contribution in [0.4, 0.5) is 23.1 Å². The number of hydrogen-bond acceptors (Lipinski definition) is 7. The summed E-state index contributed by atoms with van der Waals surface area (Å²) in [7, 11) is 0. The first-order valence-electron chi connectivity index (χ1n) is 8.13.